The van der Waals surface area contributed by atoms with Crippen molar-refractivity contribution >= 4 is 21.8 Å². The fraction of sp³-hybridized carbons (Fsp3) is 0.222. The second-order valence-corrected chi connectivity index (χ2v) is 7.52. The molecule has 0 saturated carbocycles. The van der Waals surface area contributed by atoms with E-state index in [0.29, 0.717) is 17.7 Å². The first-order valence-electron chi connectivity index (χ1n) is 7.83. The molecule has 8 heteroatoms. The van der Waals surface area contributed by atoms with Crippen molar-refractivity contribution in [3.05, 3.63) is 64.7 Å². The lowest BCUT2D eigenvalue weighted by molar-refractivity contribution is 0.0783. The van der Waals surface area contributed by atoms with E-state index in [-0.39, 0.29) is 22.3 Å². The molecule has 0 bridgehead atoms. The molecule has 0 aliphatic heterocycles. The Morgan fingerprint density at radius 3 is 2.27 bits per heavy atom. The number of nitrogens with zero attached hydrogens (tertiary/aromatic N) is 1. The van der Waals surface area contributed by atoms with E-state index in [0.717, 1.165) is 5.56 Å². The van der Waals surface area contributed by atoms with Crippen molar-refractivity contribution in [3.63, 3.8) is 0 Å². The van der Waals surface area contributed by atoms with Crippen molar-refractivity contribution in [1.82, 2.24) is 10.2 Å². The van der Waals surface area contributed by atoms with E-state index in [2.05, 4.69) is 5.32 Å². The highest BCUT2D eigenvalue weighted by atomic mass is 32.2. The van der Waals surface area contributed by atoms with Gasteiger partial charge >= 0.3 is 0 Å². The molecule has 2 aromatic carbocycles. The first kappa shape index (κ1) is 19.6. The average molecular weight is 375 g/mol. The van der Waals surface area contributed by atoms with Crippen LogP contribution >= 0.6 is 0 Å². The molecule has 0 aliphatic rings. The zero-order valence-corrected chi connectivity index (χ0v) is 15.6. The summed E-state index contributed by atoms with van der Waals surface area (Å²) in [5.74, 6) is -0.500. The molecule has 0 spiro atoms. The number of nitrogens with one attached hydrogen (secondary N) is 1. The van der Waals surface area contributed by atoms with E-state index in [1.54, 1.807) is 51.4 Å². The summed E-state index contributed by atoms with van der Waals surface area (Å²) in [5.41, 5.74) is 2.31. The first-order chi connectivity index (χ1) is 12.1. The van der Waals surface area contributed by atoms with Gasteiger partial charge in [-0.2, -0.15) is 0 Å². The molecule has 3 N–H and O–H groups in total. The van der Waals surface area contributed by atoms with Gasteiger partial charge in [-0.3, -0.25) is 9.59 Å². The Balaban J connectivity index is 2.21. The summed E-state index contributed by atoms with van der Waals surface area (Å²) < 4.78 is 23.0. The molecule has 0 atom stereocenters. The monoisotopic (exact) mass is 375 g/mol. The normalized spacial score (nSPS) is 11.1. The van der Waals surface area contributed by atoms with Gasteiger partial charge in [-0.05, 0) is 42.3 Å². The van der Waals surface area contributed by atoms with Gasteiger partial charge in [0, 0.05) is 31.8 Å². The molecule has 0 unspecified atom stereocenters. The van der Waals surface area contributed by atoms with Gasteiger partial charge in [0.2, 0.25) is 10.0 Å². The van der Waals surface area contributed by atoms with E-state index in [1.807, 2.05) is 0 Å². The van der Waals surface area contributed by atoms with Gasteiger partial charge in [-0.1, -0.05) is 18.2 Å². The predicted octanol–water partition coefficient (Wildman–Crippen LogP) is 1.27. The molecule has 2 rings (SSSR count). The maximum absolute atomic E-state index is 12.7. The van der Waals surface area contributed by atoms with Crippen molar-refractivity contribution in [3.8, 4) is 0 Å². The van der Waals surface area contributed by atoms with Crippen LogP contribution in [0.5, 0.6) is 0 Å². The molecule has 0 heterocycles. The standard InChI is InChI=1S/C18H21N3O4S/c1-12-4-9-15(26(19,24)25)10-16(12)18(23)21(3)11-13-5-7-14(8-6-13)17(22)20-2/h4-10H,11H2,1-3H3,(H,20,22)(H2,19,24,25). The van der Waals surface area contributed by atoms with Crippen LogP contribution in [-0.4, -0.2) is 39.2 Å². The zero-order valence-electron chi connectivity index (χ0n) is 14.8. The van der Waals surface area contributed by atoms with Gasteiger partial charge < -0.3 is 10.2 Å². The van der Waals surface area contributed by atoms with Crippen molar-refractivity contribution in [2.24, 2.45) is 5.14 Å². The minimum Gasteiger partial charge on any atom is -0.355 e. The Bertz CT molecular complexity index is 937. The minimum atomic E-state index is -3.88. The molecule has 0 radical (unpaired) electrons. The maximum Gasteiger partial charge on any atom is 0.254 e. The predicted molar refractivity (Wildman–Crippen MR) is 98.2 cm³/mol. The summed E-state index contributed by atoms with van der Waals surface area (Å²) in [6.45, 7) is 2.04. The number of benzene rings is 2. The summed E-state index contributed by atoms with van der Waals surface area (Å²) in [7, 11) is -0.705. The Kier molecular flexibility index (Phi) is 5.79. The lowest BCUT2D eigenvalue weighted by atomic mass is 10.1. The average Bonchev–Trinajstić information content (AvgIpc) is 2.60. The fourth-order valence-electron chi connectivity index (χ4n) is 2.47. The molecule has 0 aromatic heterocycles. The lowest BCUT2D eigenvalue weighted by Gasteiger charge is -2.19. The van der Waals surface area contributed by atoms with Gasteiger partial charge in [-0.25, -0.2) is 13.6 Å². The minimum absolute atomic E-state index is 0.102. The SMILES string of the molecule is CNC(=O)c1ccc(CN(C)C(=O)c2cc(S(N)(=O)=O)ccc2C)cc1. The molecule has 0 aliphatic carbocycles. The maximum atomic E-state index is 12.7. The Hall–Kier alpha value is -2.71. The summed E-state index contributed by atoms with van der Waals surface area (Å²) >= 11 is 0. The van der Waals surface area contributed by atoms with E-state index < -0.39 is 10.0 Å². The topological polar surface area (TPSA) is 110 Å². The molecule has 2 amide bonds. The van der Waals surface area contributed by atoms with Crippen LogP contribution in [0.3, 0.4) is 0 Å². The van der Waals surface area contributed by atoms with Gasteiger partial charge in [0.1, 0.15) is 0 Å². The largest absolute Gasteiger partial charge is 0.355 e. The highest BCUT2D eigenvalue weighted by Crippen LogP contribution is 2.17. The van der Waals surface area contributed by atoms with Crippen molar-refractivity contribution in [1.29, 1.82) is 0 Å². The van der Waals surface area contributed by atoms with Gasteiger partial charge in [-0.15, -0.1) is 0 Å². The number of carbonyl (C=O) groups excluding carboxylic acids is 2. The number of hydrogen-bond donors (Lipinski definition) is 2. The second kappa shape index (κ2) is 7.67. The summed E-state index contributed by atoms with van der Waals surface area (Å²) in [6, 6.07) is 11.1. The fourth-order valence-corrected chi connectivity index (χ4v) is 3.01. The van der Waals surface area contributed by atoms with Crippen molar-refractivity contribution in [2.45, 2.75) is 18.4 Å². The van der Waals surface area contributed by atoms with E-state index in [4.69, 9.17) is 5.14 Å². The number of aryl methyl sites for hydroxylation is 1. The molecular weight excluding hydrogens is 354 g/mol. The summed E-state index contributed by atoms with van der Waals surface area (Å²) in [5, 5.41) is 7.68. The third kappa shape index (κ3) is 4.47. The third-order valence-corrected chi connectivity index (χ3v) is 4.89. The Labute approximate surface area is 152 Å². The quantitative estimate of drug-likeness (QED) is 0.820. The van der Waals surface area contributed by atoms with E-state index in [1.165, 1.54) is 17.0 Å². The molecule has 7 nitrogen and oxygen atoms in total. The number of carbonyl (C=O) groups is 2. The van der Waals surface area contributed by atoms with Crippen LogP contribution in [0.15, 0.2) is 47.4 Å². The van der Waals surface area contributed by atoms with Crippen LogP contribution in [0, 0.1) is 6.92 Å². The molecule has 0 fully saturated rings. The van der Waals surface area contributed by atoms with Crippen molar-refractivity contribution in [2.75, 3.05) is 14.1 Å². The van der Waals surface area contributed by atoms with Crippen LogP contribution in [0.1, 0.15) is 31.8 Å². The van der Waals surface area contributed by atoms with Gasteiger partial charge in [0.15, 0.2) is 0 Å². The molecule has 0 saturated heterocycles. The Morgan fingerprint density at radius 2 is 1.73 bits per heavy atom. The van der Waals surface area contributed by atoms with Crippen LogP contribution in [0.25, 0.3) is 0 Å². The molecule has 2 aromatic rings. The summed E-state index contributed by atoms with van der Waals surface area (Å²) in [6.07, 6.45) is 0. The number of sulfonamides is 1. The van der Waals surface area contributed by atoms with Crippen LogP contribution in [-0.2, 0) is 16.6 Å². The first-order valence-corrected chi connectivity index (χ1v) is 9.38. The second-order valence-electron chi connectivity index (χ2n) is 5.96. The van der Waals surface area contributed by atoms with Gasteiger partial charge in [0.25, 0.3) is 11.8 Å². The Morgan fingerprint density at radius 1 is 1.12 bits per heavy atom. The number of nitrogens with two attached hydrogens (primary N) is 1. The zero-order chi connectivity index (χ0) is 19.5. The van der Waals surface area contributed by atoms with Gasteiger partial charge in [0.05, 0.1) is 4.90 Å². The number of rotatable bonds is 5. The number of hydrogen-bond acceptors (Lipinski definition) is 4. The van der Waals surface area contributed by atoms with E-state index in [9.17, 15) is 18.0 Å². The number of primary sulfonamides is 1. The smallest absolute Gasteiger partial charge is 0.254 e. The van der Waals surface area contributed by atoms with Crippen LogP contribution in [0.4, 0.5) is 0 Å². The molecular formula is C18H21N3O4S. The van der Waals surface area contributed by atoms with Crippen LogP contribution in [0.2, 0.25) is 0 Å². The van der Waals surface area contributed by atoms with Crippen LogP contribution < -0.4 is 10.5 Å². The lowest BCUT2D eigenvalue weighted by Crippen LogP contribution is -2.27. The highest BCUT2D eigenvalue weighted by molar-refractivity contribution is 7.89. The number of amides is 2. The third-order valence-electron chi connectivity index (χ3n) is 3.98. The van der Waals surface area contributed by atoms with E-state index >= 15 is 0 Å². The molecule has 26 heavy (non-hydrogen) atoms. The molecule has 138 valence electrons. The summed E-state index contributed by atoms with van der Waals surface area (Å²) in [4.78, 5) is 25.6. The highest BCUT2D eigenvalue weighted by Gasteiger charge is 2.18. The van der Waals surface area contributed by atoms with Crippen molar-refractivity contribution < 1.29 is 18.0 Å².